The van der Waals surface area contributed by atoms with Gasteiger partial charge in [-0.25, -0.2) is 4.98 Å². The van der Waals surface area contributed by atoms with Crippen LogP contribution < -0.4 is 11.1 Å². The van der Waals surface area contributed by atoms with Crippen molar-refractivity contribution in [1.82, 2.24) is 19.6 Å². The SMILES string of the molecule is Cc1nc2c(c(=O)n1C)CCN(C(=O)CCc1cc(=O)[nH]o1)CC2. The molecule has 1 aliphatic heterocycles. The molecule has 1 amide bonds. The standard InChI is InChI=1S/C16H20N4O4/c1-10-17-13-6-8-20(7-5-12(13)16(23)19(10)2)15(22)4-3-11-9-14(21)18-24-11/h9H,3-8H2,1-2H3,(H,18,21). The van der Waals surface area contributed by atoms with Crippen LogP contribution in [0, 0.1) is 6.92 Å². The van der Waals surface area contributed by atoms with Crippen molar-refractivity contribution >= 4 is 5.91 Å². The van der Waals surface area contributed by atoms with Gasteiger partial charge in [0.15, 0.2) is 0 Å². The lowest BCUT2D eigenvalue weighted by Gasteiger charge is -2.19. The number of fused-ring (bicyclic) bond motifs is 1. The number of nitrogens with zero attached hydrogens (tertiary/aromatic N) is 3. The normalized spacial score (nSPS) is 14.3. The van der Waals surface area contributed by atoms with E-state index in [1.54, 1.807) is 23.4 Å². The molecule has 0 aliphatic carbocycles. The molecule has 0 unspecified atom stereocenters. The van der Waals surface area contributed by atoms with Gasteiger partial charge in [-0.05, 0) is 13.3 Å². The van der Waals surface area contributed by atoms with Crippen LogP contribution >= 0.6 is 0 Å². The number of nitrogens with one attached hydrogen (secondary N) is 1. The van der Waals surface area contributed by atoms with E-state index in [0.717, 1.165) is 5.69 Å². The lowest BCUT2D eigenvalue weighted by Crippen LogP contribution is -2.33. The number of amides is 1. The van der Waals surface area contributed by atoms with Gasteiger partial charge in [0.25, 0.3) is 11.1 Å². The van der Waals surface area contributed by atoms with Gasteiger partial charge in [0, 0.05) is 51.0 Å². The topological polar surface area (TPSA) is 101 Å². The van der Waals surface area contributed by atoms with Crippen LogP contribution in [0.5, 0.6) is 0 Å². The van der Waals surface area contributed by atoms with Crippen molar-refractivity contribution in [2.45, 2.75) is 32.6 Å². The van der Waals surface area contributed by atoms with Gasteiger partial charge >= 0.3 is 0 Å². The summed E-state index contributed by atoms with van der Waals surface area (Å²) >= 11 is 0. The Bertz CT molecular complexity index is 877. The Kier molecular flexibility index (Phi) is 4.37. The first-order chi connectivity index (χ1) is 11.5. The summed E-state index contributed by atoms with van der Waals surface area (Å²) < 4.78 is 6.50. The molecule has 8 heteroatoms. The fourth-order valence-electron chi connectivity index (χ4n) is 2.95. The molecule has 0 aromatic carbocycles. The van der Waals surface area contributed by atoms with Gasteiger partial charge in [-0.3, -0.25) is 19.0 Å². The molecule has 1 aliphatic rings. The minimum Gasteiger partial charge on any atom is -0.384 e. The molecule has 0 saturated heterocycles. The monoisotopic (exact) mass is 332 g/mol. The van der Waals surface area contributed by atoms with Crippen LogP contribution in [0.3, 0.4) is 0 Å². The number of aromatic nitrogens is 3. The molecule has 1 N–H and O–H groups in total. The molecule has 8 nitrogen and oxygen atoms in total. The lowest BCUT2D eigenvalue weighted by molar-refractivity contribution is -0.131. The molecule has 0 fully saturated rings. The molecule has 0 spiro atoms. The van der Waals surface area contributed by atoms with E-state index >= 15 is 0 Å². The van der Waals surface area contributed by atoms with E-state index in [4.69, 9.17) is 4.52 Å². The van der Waals surface area contributed by atoms with Crippen LogP contribution in [0.4, 0.5) is 0 Å². The highest BCUT2D eigenvalue weighted by Gasteiger charge is 2.22. The van der Waals surface area contributed by atoms with Crippen molar-refractivity contribution in [2.75, 3.05) is 13.1 Å². The summed E-state index contributed by atoms with van der Waals surface area (Å²) in [5.74, 6) is 1.14. The van der Waals surface area contributed by atoms with Crippen molar-refractivity contribution in [2.24, 2.45) is 7.05 Å². The van der Waals surface area contributed by atoms with Gasteiger partial charge < -0.3 is 9.42 Å². The third-order valence-corrected chi connectivity index (χ3v) is 4.46. The first-order valence-corrected chi connectivity index (χ1v) is 7.96. The number of carbonyl (C=O) groups is 1. The van der Waals surface area contributed by atoms with E-state index in [1.165, 1.54) is 6.07 Å². The second kappa shape index (κ2) is 6.46. The van der Waals surface area contributed by atoms with Gasteiger partial charge in [0.05, 0.1) is 5.69 Å². The summed E-state index contributed by atoms with van der Waals surface area (Å²) in [7, 11) is 1.71. The zero-order valence-corrected chi connectivity index (χ0v) is 13.8. The summed E-state index contributed by atoms with van der Waals surface area (Å²) in [6.07, 6.45) is 1.74. The Morgan fingerprint density at radius 1 is 1.33 bits per heavy atom. The van der Waals surface area contributed by atoms with E-state index in [9.17, 15) is 14.4 Å². The highest BCUT2D eigenvalue weighted by Crippen LogP contribution is 2.13. The molecule has 3 heterocycles. The van der Waals surface area contributed by atoms with Crippen molar-refractivity contribution in [3.8, 4) is 0 Å². The minimum absolute atomic E-state index is 0.0137. The highest BCUT2D eigenvalue weighted by molar-refractivity contribution is 5.76. The third-order valence-electron chi connectivity index (χ3n) is 4.46. The quantitative estimate of drug-likeness (QED) is 0.848. The maximum absolute atomic E-state index is 12.4. The lowest BCUT2D eigenvalue weighted by atomic mass is 10.1. The van der Waals surface area contributed by atoms with E-state index in [0.29, 0.717) is 49.5 Å². The summed E-state index contributed by atoms with van der Waals surface area (Å²) in [5, 5.41) is 2.21. The zero-order chi connectivity index (χ0) is 17.3. The number of rotatable bonds is 3. The average molecular weight is 332 g/mol. The Balaban J connectivity index is 1.67. The zero-order valence-electron chi connectivity index (χ0n) is 13.8. The van der Waals surface area contributed by atoms with E-state index in [1.807, 2.05) is 0 Å². The maximum atomic E-state index is 12.4. The number of hydrogen-bond donors (Lipinski definition) is 1. The fraction of sp³-hybridized carbons (Fsp3) is 0.500. The predicted octanol–water partition coefficient (Wildman–Crippen LogP) is -0.0700. The van der Waals surface area contributed by atoms with Gasteiger partial charge in [-0.2, -0.15) is 5.16 Å². The molecule has 0 atom stereocenters. The Morgan fingerprint density at radius 2 is 2.08 bits per heavy atom. The summed E-state index contributed by atoms with van der Waals surface area (Å²) in [5.41, 5.74) is 1.17. The van der Waals surface area contributed by atoms with Gasteiger partial charge in [0.1, 0.15) is 11.6 Å². The van der Waals surface area contributed by atoms with Crippen LogP contribution in [-0.2, 0) is 31.1 Å². The predicted molar refractivity (Wildman–Crippen MR) is 85.9 cm³/mol. The molecule has 0 saturated carbocycles. The minimum atomic E-state index is -0.306. The average Bonchev–Trinajstić information content (AvgIpc) is 2.85. The number of hydrogen-bond acceptors (Lipinski definition) is 5. The van der Waals surface area contributed by atoms with E-state index in [-0.39, 0.29) is 23.4 Å². The van der Waals surface area contributed by atoms with Crippen molar-refractivity contribution < 1.29 is 9.32 Å². The van der Waals surface area contributed by atoms with Crippen LogP contribution in [-0.4, -0.2) is 38.6 Å². The van der Waals surface area contributed by atoms with Crippen LogP contribution in [0.15, 0.2) is 20.2 Å². The Hall–Kier alpha value is -2.64. The van der Waals surface area contributed by atoms with Crippen molar-refractivity contribution in [3.63, 3.8) is 0 Å². The summed E-state index contributed by atoms with van der Waals surface area (Å²) in [4.78, 5) is 42.0. The number of aromatic amines is 1. The molecule has 2 aromatic heterocycles. The smallest absolute Gasteiger partial charge is 0.280 e. The number of H-pyrrole nitrogens is 1. The largest absolute Gasteiger partial charge is 0.384 e. The van der Waals surface area contributed by atoms with Crippen molar-refractivity contribution in [1.29, 1.82) is 0 Å². The first kappa shape index (κ1) is 16.2. The summed E-state index contributed by atoms with van der Waals surface area (Å²) in [6, 6.07) is 1.35. The Labute approximate surface area is 138 Å². The molecule has 128 valence electrons. The van der Waals surface area contributed by atoms with Crippen LogP contribution in [0.25, 0.3) is 0 Å². The number of carbonyl (C=O) groups excluding carboxylic acids is 1. The second-order valence-electron chi connectivity index (χ2n) is 6.01. The molecule has 3 rings (SSSR count). The first-order valence-electron chi connectivity index (χ1n) is 7.96. The fourth-order valence-corrected chi connectivity index (χ4v) is 2.95. The molecular formula is C16H20N4O4. The van der Waals surface area contributed by atoms with Gasteiger partial charge in [-0.15, -0.1) is 0 Å². The molecular weight excluding hydrogens is 312 g/mol. The van der Waals surface area contributed by atoms with Crippen molar-refractivity contribution in [3.05, 3.63) is 49.6 Å². The number of aryl methyl sites for hydroxylation is 2. The summed E-state index contributed by atoms with van der Waals surface area (Å²) in [6.45, 7) is 2.85. The molecule has 0 bridgehead atoms. The third kappa shape index (κ3) is 3.17. The van der Waals surface area contributed by atoms with Gasteiger partial charge in [0.2, 0.25) is 5.91 Å². The molecule has 2 aromatic rings. The second-order valence-corrected chi connectivity index (χ2v) is 6.01. The van der Waals surface area contributed by atoms with Crippen LogP contribution in [0.1, 0.15) is 29.3 Å². The highest BCUT2D eigenvalue weighted by atomic mass is 16.5. The van der Waals surface area contributed by atoms with Gasteiger partial charge in [-0.1, -0.05) is 0 Å². The molecule has 0 radical (unpaired) electrons. The maximum Gasteiger partial charge on any atom is 0.280 e. The van der Waals surface area contributed by atoms with Crippen LogP contribution in [0.2, 0.25) is 0 Å². The molecule has 24 heavy (non-hydrogen) atoms. The Morgan fingerprint density at radius 3 is 2.79 bits per heavy atom. The van der Waals surface area contributed by atoms with E-state index < -0.39 is 0 Å². The van der Waals surface area contributed by atoms with E-state index in [2.05, 4.69) is 10.1 Å².